The minimum absolute atomic E-state index is 0.0702. The van der Waals surface area contributed by atoms with Crippen molar-refractivity contribution in [3.8, 4) is 5.75 Å². The van der Waals surface area contributed by atoms with E-state index in [1.807, 2.05) is 0 Å². The molecule has 0 radical (unpaired) electrons. The average Bonchev–Trinajstić information content (AvgIpc) is 3.10. The summed E-state index contributed by atoms with van der Waals surface area (Å²) in [5.74, 6) is 0.348. The molecule has 0 aliphatic rings. The van der Waals surface area contributed by atoms with Crippen LogP contribution >= 0.6 is 11.6 Å². The summed E-state index contributed by atoms with van der Waals surface area (Å²) in [7, 11) is -2.44. The molecule has 0 aliphatic heterocycles. The third-order valence-electron chi connectivity index (χ3n) is 4.45. The highest BCUT2D eigenvalue weighted by atomic mass is 35.5. The Morgan fingerprint density at radius 2 is 1.87 bits per heavy atom. The number of nitrogens with two attached hydrogens (primary N) is 1. The number of alkyl halides is 4. The SMILES string of the molecule is COc1ccc(CN(c2n[nH]c3c(N)ccc(C(Cl)C(F)(F)F)c23)S(C)(=O)=O)cc1. The molecular formula is C18H18ClF3N4O3S. The number of nitrogens with zero attached hydrogens (tertiary/aromatic N) is 2. The quantitative estimate of drug-likeness (QED) is 0.426. The molecule has 3 N–H and O–H groups in total. The van der Waals surface area contributed by atoms with E-state index in [2.05, 4.69) is 10.2 Å². The molecule has 7 nitrogen and oxygen atoms in total. The zero-order valence-electron chi connectivity index (χ0n) is 15.9. The van der Waals surface area contributed by atoms with E-state index in [9.17, 15) is 21.6 Å². The number of hydrogen-bond acceptors (Lipinski definition) is 5. The van der Waals surface area contributed by atoms with Gasteiger partial charge < -0.3 is 10.5 Å². The van der Waals surface area contributed by atoms with Gasteiger partial charge in [0.15, 0.2) is 11.2 Å². The molecule has 2 aromatic carbocycles. The lowest BCUT2D eigenvalue weighted by atomic mass is 10.0. The van der Waals surface area contributed by atoms with Crippen LogP contribution in [0.2, 0.25) is 0 Å². The molecule has 30 heavy (non-hydrogen) atoms. The lowest BCUT2D eigenvalue weighted by Gasteiger charge is -2.22. The molecule has 1 aromatic heterocycles. The Kier molecular flexibility index (Phi) is 5.79. The molecule has 0 aliphatic carbocycles. The predicted octanol–water partition coefficient (Wildman–Crippen LogP) is 3.96. The van der Waals surface area contributed by atoms with E-state index in [1.165, 1.54) is 13.2 Å². The first-order valence-corrected chi connectivity index (χ1v) is 10.8. The second-order valence-electron chi connectivity index (χ2n) is 6.56. The number of methoxy groups -OCH3 is 1. The van der Waals surface area contributed by atoms with Gasteiger partial charge in [-0.25, -0.2) is 12.7 Å². The highest BCUT2D eigenvalue weighted by molar-refractivity contribution is 7.92. The van der Waals surface area contributed by atoms with E-state index >= 15 is 0 Å². The first-order valence-electron chi connectivity index (χ1n) is 8.51. The molecule has 0 saturated carbocycles. The van der Waals surface area contributed by atoms with Crippen molar-refractivity contribution in [1.82, 2.24) is 10.2 Å². The number of nitrogen functional groups attached to an aromatic ring is 1. The van der Waals surface area contributed by atoms with Gasteiger partial charge in [-0.1, -0.05) is 18.2 Å². The van der Waals surface area contributed by atoms with Crippen molar-refractivity contribution in [3.63, 3.8) is 0 Å². The van der Waals surface area contributed by atoms with Crippen LogP contribution in [-0.4, -0.2) is 38.2 Å². The normalized spacial score (nSPS) is 13.4. The number of ether oxygens (including phenoxy) is 1. The summed E-state index contributed by atoms with van der Waals surface area (Å²) in [6.07, 6.45) is -3.82. The van der Waals surface area contributed by atoms with Crippen molar-refractivity contribution in [2.24, 2.45) is 0 Å². The van der Waals surface area contributed by atoms with Crippen molar-refractivity contribution in [2.75, 3.05) is 23.4 Å². The highest BCUT2D eigenvalue weighted by Crippen LogP contribution is 2.44. The lowest BCUT2D eigenvalue weighted by Crippen LogP contribution is -2.30. The van der Waals surface area contributed by atoms with Crippen LogP contribution in [-0.2, 0) is 16.6 Å². The Bertz CT molecular complexity index is 1160. The Balaban J connectivity index is 2.18. The number of hydrogen-bond donors (Lipinski definition) is 2. The third kappa shape index (κ3) is 4.26. The van der Waals surface area contributed by atoms with Gasteiger partial charge >= 0.3 is 6.18 Å². The predicted molar refractivity (Wildman–Crippen MR) is 109 cm³/mol. The van der Waals surface area contributed by atoms with E-state index in [1.54, 1.807) is 24.3 Å². The second-order valence-corrected chi connectivity index (χ2v) is 8.91. The van der Waals surface area contributed by atoms with Gasteiger partial charge in [0, 0.05) is 0 Å². The summed E-state index contributed by atoms with van der Waals surface area (Å²) >= 11 is 5.67. The molecule has 0 amide bonds. The number of fused-ring (bicyclic) bond motifs is 1. The van der Waals surface area contributed by atoms with E-state index < -0.39 is 21.6 Å². The van der Waals surface area contributed by atoms with Crippen LogP contribution < -0.4 is 14.8 Å². The average molecular weight is 463 g/mol. The number of nitrogens with one attached hydrogen (secondary N) is 1. The number of benzene rings is 2. The van der Waals surface area contributed by atoms with E-state index in [4.69, 9.17) is 22.1 Å². The number of rotatable bonds is 6. The zero-order chi connectivity index (χ0) is 22.3. The van der Waals surface area contributed by atoms with Crippen LogP contribution in [0, 0.1) is 0 Å². The third-order valence-corrected chi connectivity index (χ3v) is 6.03. The minimum atomic E-state index is -4.76. The van der Waals surface area contributed by atoms with Crippen LogP contribution in [0.5, 0.6) is 5.75 Å². The first-order chi connectivity index (χ1) is 13.9. The fourth-order valence-electron chi connectivity index (χ4n) is 2.97. The molecule has 162 valence electrons. The maximum absolute atomic E-state index is 13.3. The summed E-state index contributed by atoms with van der Waals surface area (Å²) in [4.78, 5) is 0. The molecule has 3 rings (SSSR count). The van der Waals surface area contributed by atoms with Crippen LogP contribution in [0.25, 0.3) is 10.9 Å². The number of halogens is 4. The van der Waals surface area contributed by atoms with Crippen molar-refractivity contribution in [1.29, 1.82) is 0 Å². The molecule has 12 heteroatoms. The number of aromatic nitrogens is 2. The van der Waals surface area contributed by atoms with Crippen LogP contribution in [0.3, 0.4) is 0 Å². The summed E-state index contributed by atoms with van der Waals surface area (Å²) in [5, 5.41) is 4.02. The van der Waals surface area contributed by atoms with Gasteiger partial charge in [0.05, 0.1) is 36.5 Å². The largest absolute Gasteiger partial charge is 0.497 e. The van der Waals surface area contributed by atoms with Crippen molar-refractivity contribution >= 4 is 44.0 Å². The Morgan fingerprint density at radius 3 is 2.40 bits per heavy atom. The molecule has 0 bridgehead atoms. The zero-order valence-corrected chi connectivity index (χ0v) is 17.4. The Labute approximate surface area is 175 Å². The first kappa shape index (κ1) is 22.0. The van der Waals surface area contributed by atoms with Gasteiger partial charge in [0.2, 0.25) is 10.0 Å². The van der Waals surface area contributed by atoms with Crippen molar-refractivity contribution < 1.29 is 26.3 Å². The summed E-state index contributed by atoms with van der Waals surface area (Å²) in [6.45, 7) is -0.171. The van der Waals surface area contributed by atoms with Gasteiger partial charge in [0.1, 0.15) is 5.75 Å². The number of aromatic amines is 1. The van der Waals surface area contributed by atoms with Crippen LogP contribution in [0.15, 0.2) is 36.4 Å². The Hall–Kier alpha value is -2.66. The molecule has 1 heterocycles. The highest BCUT2D eigenvalue weighted by Gasteiger charge is 2.41. The molecule has 0 fully saturated rings. The standard InChI is InChI=1S/C18H18ClF3N4O3S/c1-29-11-5-3-10(4-6-11)9-26(30(2,27)28)17-14-12(16(19)18(20,21)22)7-8-13(23)15(14)24-25-17/h3-8,16H,9,23H2,1-2H3,(H,24,25). The topological polar surface area (TPSA) is 101 Å². The lowest BCUT2D eigenvalue weighted by molar-refractivity contribution is -0.131. The molecule has 3 aromatic rings. The van der Waals surface area contributed by atoms with E-state index in [0.29, 0.717) is 11.3 Å². The fraction of sp³-hybridized carbons (Fsp3) is 0.278. The fourth-order valence-corrected chi connectivity index (χ4v) is 3.99. The number of sulfonamides is 1. The summed E-state index contributed by atoms with van der Waals surface area (Å²) in [5.41, 5.74) is 6.27. The number of anilines is 2. The van der Waals surface area contributed by atoms with Gasteiger partial charge in [-0.3, -0.25) is 5.10 Å². The van der Waals surface area contributed by atoms with Crippen LogP contribution in [0.1, 0.15) is 16.5 Å². The smallest absolute Gasteiger partial charge is 0.408 e. The second kappa shape index (κ2) is 7.88. The molecule has 0 saturated heterocycles. The van der Waals surface area contributed by atoms with Gasteiger partial charge in [-0.2, -0.15) is 18.3 Å². The summed E-state index contributed by atoms with van der Waals surface area (Å²) < 4.78 is 71.0. The molecule has 1 unspecified atom stereocenters. The van der Waals surface area contributed by atoms with Gasteiger partial charge in [-0.05, 0) is 29.3 Å². The number of H-pyrrole nitrogens is 1. The maximum Gasteiger partial charge on any atom is 0.408 e. The van der Waals surface area contributed by atoms with Gasteiger partial charge in [0.25, 0.3) is 0 Å². The monoisotopic (exact) mass is 462 g/mol. The van der Waals surface area contributed by atoms with Crippen molar-refractivity contribution in [2.45, 2.75) is 18.1 Å². The Morgan fingerprint density at radius 1 is 1.23 bits per heavy atom. The minimum Gasteiger partial charge on any atom is -0.497 e. The van der Waals surface area contributed by atoms with E-state index in [-0.39, 0.29) is 34.5 Å². The van der Waals surface area contributed by atoms with Crippen LogP contribution in [0.4, 0.5) is 24.7 Å². The molecule has 1 atom stereocenters. The molecule has 0 spiro atoms. The summed E-state index contributed by atoms with van der Waals surface area (Å²) in [6, 6.07) is 8.94. The molecular weight excluding hydrogens is 445 g/mol. The van der Waals surface area contributed by atoms with E-state index in [0.717, 1.165) is 16.6 Å². The maximum atomic E-state index is 13.3. The van der Waals surface area contributed by atoms with Crippen molar-refractivity contribution in [3.05, 3.63) is 47.5 Å². The van der Waals surface area contributed by atoms with Gasteiger partial charge in [-0.15, -0.1) is 11.6 Å².